The number of aromatic nitrogens is 2. The minimum Gasteiger partial charge on any atom is -0.346 e. The maximum atomic E-state index is 12.5. The summed E-state index contributed by atoms with van der Waals surface area (Å²) in [6.07, 6.45) is 3.53. The molecule has 2 aromatic heterocycles. The maximum absolute atomic E-state index is 12.5. The van der Waals surface area contributed by atoms with E-state index >= 15 is 0 Å². The van der Waals surface area contributed by atoms with E-state index in [1.165, 1.54) is 5.56 Å². The monoisotopic (exact) mass is 421 g/mol. The topological polar surface area (TPSA) is 61.4 Å². The summed E-state index contributed by atoms with van der Waals surface area (Å²) in [5, 5.41) is 6.05. The number of nitrogens with one attached hydrogen (secondary N) is 1. The lowest BCUT2D eigenvalue weighted by Crippen LogP contribution is -2.49. The average Bonchev–Trinajstić information content (AvgIpc) is 3.27. The molecule has 1 atom stereocenters. The number of pyridine rings is 1. The summed E-state index contributed by atoms with van der Waals surface area (Å²) in [6.45, 7) is 7.20. The zero-order valence-corrected chi connectivity index (χ0v) is 18.0. The molecule has 1 aromatic carbocycles. The summed E-state index contributed by atoms with van der Waals surface area (Å²) in [7, 11) is 0. The van der Waals surface area contributed by atoms with Gasteiger partial charge in [-0.25, -0.2) is 4.98 Å². The van der Waals surface area contributed by atoms with Gasteiger partial charge in [0.15, 0.2) is 0 Å². The van der Waals surface area contributed by atoms with E-state index in [0.29, 0.717) is 6.54 Å². The van der Waals surface area contributed by atoms with Crippen LogP contribution in [-0.2, 0) is 11.3 Å². The Morgan fingerprint density at radius 3 is 2.50 bits per heavy atom. The van der Waals surface area contributed by atoms with Gasteiger partial charge in [0.25, 0.3) is 0 Å². The second-order valence-electron chi connectivity index (χ2n) is 7.63. The van der Waals surface area contributed by atoms with E-state index < -0.39 is 0 Å². The van der Waals surface area contributed by atoms with Gasteiger partial charge in [0.2, 0.25) is 5.91 Å². The van der Waals surface area contributed by atoms with Crippen LogP contribution in [0.15, 0.2) is 60.2 Å². The van der Waals surface area contributed by atoms with Crippen molar-refractivity contribution in [3.8, 4) is 11.3 Å². The van der Waals surface area contributed by atoms with Crippen LogP contribution in [0.4, 0.5) is 0 Å². The van der Waals surface area contributed by atoms with Gasteiger partial charge in [-0.1, -0.05) is 30.3 Å². The Balaban J connectivity index is 1.23. The number of thiazole rings is 1. The molecule has 30 heavy (non-hydrogen) atoms. The quantitative estimate of drug-likeness (QED) is 0.635. The SMILES string of the molecule is CC(NC(=O)CN1CCN(Cc2ccccc2)CC1)c1nc(-c2ccncc2)cs1. The van der Waals surface area contributed by atoms with E-state index in [1.807, 2.05) is 30.5 Å². The number of hydrogen-bond acceptors (Lipinski definition) is 6. The second kappa shape index (κ2) is 9.93. The Hall–Kier alpha value is -2.61. The van der Waals surface area contributed by atoms with E-state index in [4.69, 9.17) is 0 Å². The highest BCUT2D eigenvalue weighted by atomic mass is 32.1. The van der Waals surface area contributed by atoms with Gasteiger partial charge in [0.05, 0.1) is 18.3 Å². The fourth-order valence-electron chi connectivity index (χ4n) is 3.64. The summed E-state index contributed by atoms with van der Waals surface area (Å²) in [4.78, 5) is 26.0. The lowest BCUT2D eigenvalue weighted by Gasteiger charge is -2.34. The fraction of sp³-hybridized carbons (Fsp3) is 0.348. The molecule has 1 aliphatic rings. The molecule has 4 rings (SSSR count). The number of piperazine rings is 1. The Morgan fingerprint density at radius 1 is 1.07 bits per heavy atom. The van der Waals surface area contributed by atoms with Crippen LogP contribution in [-0.4, -0.2) is 58.4 Å². The van der Waals surface area contributed by atoms with Crippen LogP contribution in [0, 0.1) is 0 Å². The fourth-order valence-corrected chi connectivity index (χ4v) is 4.48. The standard InChI is InChI=1S/C23H27N5OS/c1-18(23-26-21(17-30-23)20-7-9-24-10-8-20)25-22(29)16-28-13-11-27(12-14-28)15-19-5-3-2-4-6-19/h2-10,17-18H,11-16H2,1H3,(H,25,29). The molecule has 0 aliphatic carbocycles. The largest absolute Gasteiger partial charge is 0.346 e. The van der Waals surface area contributed by atoms with Gasteiger partial charge < -0.3 is 5.32 Å². The number of amides is 1. The highest BCUT2D eigenvalue weighted by molar-refractivity contribution is 7.10. The first-order valence-corrected chi connectivity index (χ1v) is 11.2. The van der Waals surface area contributed by atoms with Gasteiger partial charge in [-0.2, -0.15) is 0 Å². The molecule has 0 radical (unpaired) electrons. The number of carbonyl (C=O) groups is 1. The smallest absolute Gasteiger partial charge is 0.234 e. The number of benzene rings is 1. The van der Waals surface area contributed by atoms with Crippen molar-refractivity contribution in [1.82, 2.24) is 25.1 Å². The summed E-state index contributed by atoms with van der Waals surface area (Å²) in [6, 6.07) is 14.3. The van der Waals surface area contributed by atoms with Crippen LogP contribution in [0.25, 0.3) is 11.3 Å². The van der Waals surface area contributed by atoms with Crippen molar-refractivity contribution in [2.75, 3.05) is 32.7 Å². The maximum Gasteiger partial charge on any atom is 0.234 e. The van der Waals surface area contributed by atoms with Crippen LogP contribution >= 0.6 is 11.3 Å². The van der Waals surface area contributed by atoms with Gasteiger partial charge in [-0.05, 0) is 24.6 Å². The van der Waals surface area contributed by atoms with Crippen molar-refractivity contribution in [3.05, 3.63) is 70.8 Å². The summed E-state index contributed by atoms with van der Waals surface area (Å²) >= 11 is 1.58. The van der Waals surface area contributed by atoms with Crippen LogP contribution in [0.2, 0.25) is 0 Å². The Morgan fingerprint density at radius 2 is 1.77 bits per heavy atom. The van der Waals surface area contributed by atoms with E-state index in [0.717, 1.165) is 49.0 Å². The molecule has 1 saturated heterocycles. The third-order valence-electron chi connectivity index (χ3n) is 5.33. The molecule has 1 aliphatic heterocycles. The third-order valence-corrected chi connectivity index (χ3v) is 6.35. The Kier molecular flexibility index (Phi) is 6.84. The number of carbonyl (C=O) groups excluding carboxylic acids is 1. The average molecular weight is 422 g/mol. The second-order valence-corrected chi connectivity index (χ2v) is 8.52. The first kappa shape index (κ1) is 20.7. The Labute approximate surface area is 181 Å². The first-order valence-electron chi connectivity index (χ1n) is 10.3. The van der Waals surface area contributed by atoms with Crippen LogP contribution in [0.3, 0.4) is 0 Å². The van der Waals surface area contributed by atoms with E-state index in [1.54, 1.807) is 23.7 Å². The molecule has 6 nitrogen and oxygen atoms in total. The lowest BCUT2D eigenvalue weighted by atomic mass is 10.2. The number of hydrogen-bond donors (Lipinski definition) is 1. The van der Waals surface area contributed by atoms with Crippen molar-refractivity contribution in [1.29, 1.82) is 0 Å². The van der Waals surface area contributed by atoms with Gasteiger partial charge in [-0.15, -0.1) is 11.3 Å². The summed E-state index contributed by atoms with van der Waals surface area (Å²) in [5.41, 5.74) is 3.31. The molecule has 1 amide bonds. The first-order chi connectivity index (χ1) is 14.7. The summed E-state index contributed by atoms with van der Waals surface area (Å²) < 4.78 is 0. The minimum absolute atomic E-state index is 0.0553. The third kappa shape index (κ3) is 5.50. The van der Waals surface area contributed by atoms with Gasteiger partial charge in [0.1, 0.15) is 5.01 Å². The van der Waals surface area contributed by atoms with Crippen molar-refractivity contribution in [2.45, 2.75) is 19.5 Å². The van der Waals surface area contributed by atoms with Gasteiger partial charge >= 0.3 is 0 Å². The molecule has 1 N–H and O–H groups in total. The van der Waals surface area contributed by atoms with Crippen molar-refractivity contribution >= 4 is 17.2 Å². The van der Waals surface area contributed by atoms with E-state index in [-0.39, 0.29) is 11.9 Å². The normalized spacial score (nSPS) is 16.3. The van der Waals surface area contributed by atoms with Gasteiger partial charge in [0, 0.05) is 56.1 Å². The summed E-state index contributed by atoms with van der Waals surface area (Å²) in [5.74, 6) is 0.0553. The molecular weight excluding hydrogens is 394 g/mol. The van der Waals surface area contributed by atoms with Crippen LogP contribution < -0.4 is 5.32 Å². The number of nitrogens with zero attached hydrogens (tertiary/aromatic N) is 4. The lowest BCUT2D eigenvalue weighted by molar-refractivity contribution is -0.123. The zero-order valence-electron chi connectivity index (χ0n) is 17.2. The van der Waals surface area contributed by atoms with Crippen molar-refractivity contribution < 1.29 is 4.79 Å². The molecule has 3 aromatic rings. The zero-order chi connectivity index (χ0) is 20.8. The number of rotatable bonds is 7. The van der Waals surface area contributed by atoms with Crippen LogP contribution in [0.5, 0.6) is 0 Å². The highest BCUT2D eigenvalue weighted by Crippen LogP contribution is 2.24. The van der Waals surface area contributed by atoms with Crippen LogP contribution in [0.1, 0.15) is 23.5 Å². The highest BCUT2D eigenvalue weighted by Gasteiger charge is 2.20. The molecule has 0 spiro atoms. The minimum atomic E-state index is -0.0996. The molecule has 3 heterocycles. The van der Waals surface area contributed by atoms with Crippen molar-refractivity contribution in [2.24, 2.45) is 0 Å². The van der Waals surface area contributed by atoms with E-state index in [9.17, 15) is 4.79 Å². The predicted molar refractivity (Wildman–Crippen MR) is 120 cm³/mol. The Bertz CT molecular complexity index is 938. The molecular formula is C23H27N5OS. The molecule has 0 bridgehead atoms. The van der Waals surface area contributed by atoms with Crippen molar-refractivity contribution in [3.63, 3.8) is 0 Å². The molecule has 156 valence electrons. The molecule has 7 heteroatoms. The van der Waals surface area contributed by atoms with Gasteiger partial charge in [-0.3, -0.25) is 19.6 Å². The predicted octanol–water partition coefficient (Wildman–Crippen LogP) is 3.20. The molecule has 0 saturated carbocycles. The molecule has 1 fully saturated rings. The van der Waals surface area contributed by atoms with E-state index in [2.05, 4.69) is 49.4 Å². The molecule has 1 unspecified atom stereocenters.